The van der Waals surface area contributed by atoms with Crippen molar-refractivity contribution in [2.24, 2.45) is 5.41 Å². The van der Waals surface area contributed by atoms with Crippen molar-refractivity contribution in [1.29, 1.82) is 0 Å². The van der Waals surface area contributed by atoms with Gasteiger partial charge in [-0.2, -0.15) is 0 Å². The van der Waals surface area contributed by atoms with Crippen LogP contribution in [0.4, 0.5) is 0 Å². The summed E-state index contributed by atoms with van der Waals surface area (Å²) in [4.78, 5) is 0. The molecule has 1 heterocycles. The molecule has 0 aromatic rings. The molecule has 1 aliphatic rings. The van der Waals surface area contributed by atoms with Crippen LogP contribution in [0.2, 0.25) is 0 Å². The minimum Gasteiger partial charge on any atom is -0.396 e. The van der Waals surface area contributed by atoms with Crippen LogP contribution < -0.4 is 5.09 Å². The molecule has 2 N–H and O–H groups in total. The molecule has 6 heteroatoms. The third kappa shape index (κ3) is 3.85. The smallest absolute Gasteiger partial charge is 0.396 e. The first-order valence-electron chi connectivity index (χ1n) is 4.98. The Kier molecular flexibility index (Phi) is 3.63. The molecule has 5 nitrogen and oxygen atoms in total. The van der Waals surface area contributed by atoms with Crippen LogP contribution in [0.1, 0.15) is 27.7 Å². The number of aliphatic hydroxyl groups excluding tert-OH is 1. The standard InChI is InChI=1S/C9H20NO4P/c1-8(2,3)10-15(12)13-6-9(4,5-11)7-14-15/h11H,5-7H2,1-4H3,(H,10,12). The SMILES string of the molecule is CC1(CO)COP(=O)(NC(C)(C)C)OC1. The first-order chi connectivity index (χ1) is 6.68. The molecule has 0 unspecified atom stereocenters. The lowest BCUT2D eigenvalue weighted by molar-refractivity contribution is -0.0123. The van der Waals surface area contributed by atoms with Crippen molar-refractivity contribution < 1.29 is 18.7 Å². The Morgan fingerprint density at radius 2 is 1.87 bits per heavy atom. The molecule has 1 saturated heterocycles. The highest BCUT2D eigenvalue weighted by Crippen LogP contribution is 2.51. The molecule has 1 fully saturated rings. The second-order valence-electron chi connectivity index (χ2n) is 5.37. The van der Waals surface area contributed by atoms with Crippen LogP contribution in [0, 0.1) is 5.41 Å². The highest BCUT2D eigenvalue weighted by atomic mass is 31.2. The van der Waals surface area contributed by atoms with E-state index in [1.165, 1.54) is 0 Å². The summed E-state index contributed by atoms with van der Waals surface area (Å²) in [5.74, 6) is 0. The van der Waals surface area contributed by atoms with Gasteiger partial charge in [-0.1, -0.05) is 6.92 Å². The van der Waals surface area contributed by atoms with E-state index in [9.17, 15) is 4.57 Å². The number of hydrogen-bond acceptors (Lipinski definition) is 4. The van der Waals surface area contributed by atoms with Gasteiger partial charge in [0, 0.05) is 11.0 Å². The first-order valence-corrected chi connectivity index (χ1v) is 6.52. The van der Waals surface area contributed by atoms with Crippen molar-refractivity contribution in [3.8, 4) is 0 Å². The first kappa shape index (κ1) is 13.1. The molecule has 0 bridgehead atoms. The van der Waals surface area contributed by atoms with Crippen LogP contribution in [-0.4, -0.2) is 30.5 Å². The van der Waals surface area contributed by atoms with Gasteiger partial charge in [0.25, 0.3) is 0 Å². The predicted molar refractivity (Wildman–Crippen MR) is 57.6 cm³/mol. The van der Waals surface area contributed by atoms with E-state index in [1.807, 2.05) is 27.7 Å². The lowest BCUT2D eigenvalue weighted by Gasteiger charge is -2.37. The maximum absolute atomic E-state index is 12.0. The molecule has 1 rings (SSSR count). The van der Waals surface area contributed by atoms with Crippen molar-refractivity contribution in [1.82, 2.24) is 5.09 Å². The zero-order chi connectivity index (χ0) is 11.7. The van der Waals surface area contributed by atoms with E-state index < -0.39 is 13.2 Å². The van der Waals surface area contributed by atoms with Gasteiger partial charge in [-0.25, -0.2) is 9.65 Å². The van der Waals surface area contributed by atoms with Crippen molar-refractivity contribution in [2.75, 3.05) is 19.8 Å². The molecule has 1 aliphatic heterocycles. The molecule has 90 valence electrons. The zero-order valence-corrected chi connectivity index (χ0v) is 10.6. The summed E-state index contributed by atoms with van der Waals surface area (Å²) in [6, 6.07) is 0. The van der Waals surface area contributed by atoms with Crippen LogP contribution in [0.15, 0.2) is 0 Å². The molecule has 0 aromatic heterocycles. The van der Waals surface area contributed by atoms with Crippen LogP contribution in [-0.2, 0) is 13.6 Å². The Morgan fingerprint density at radius 3 is 2.20 bits per heavy atom. The van der Waals surface area contributed by atoms with E-state index in [0.29, 0.717) is 0 Å². The van der Waals surface area contributed by atoms with Crippen molar-refractivity contribution in [3.05, 3.63) is 0 Å². The molecule has 0 aliphatic carbocycles. The third-order valence-corrected chi connectivity index (χ3v) is 3.90. The molecular formula is C9H20NO4P. The average molecular weight is 237 g/mol. The highest BCUT2D eigenvalue weighted by molar-refractivity contribution is 7.51. The second-order valence-corrected chi connectivity index (χ2v) is 7.11. The lowest BCUT2D eigenvalue weighted by atomic mass is 9.95. The topological polar surface area (TPSA) is 67.8 Å². The van der Waals surface area contributed by atoms with Crippen LogP contribution in [0.25, 0.3) is 0 Å². The van der Waals surface area contributed by atoms with Gasteiger partial charge in [0.15, 0.2) is 0 Å². The quantitative estimate of drug-likeness (QED) is 0.713. The molecule has 0 atom stereocenters. The van der Waals surface area contributed by atoms with Crippen LogP contribution in [0.3, 0.4) is 0 Å². The van der Waals surface area contributed by atoms with Crippen LogP contribution in [0.5, 0.6) is 0 Å². The van der Waals surface area contributed by atoms with E-state index in [-0.39, 0.29) is 25.4 Å². The molecular weight excluding hydrogens is 217 g/mol. The van der Waals surface area contributed by atoms with E-state index in [4.69, 9.17) is 14.2 Å². The summed E-state index contributed by atoms with van der Waals surface area (Å²) in [7, 11) is -3.19. The van der Waals surface area contributed by atoms with Gasteiger partial charge in [0.2, 0.25) is 0 Å². The fourth-order valence-electron chi connectivity index (χ4n) is 1.13. The maximum atomic E-state index is 12.0. The van der Waals surface area contributed by atoms with Crippen molar-refractivity contribution >= 4 is 7.75 Å². The zero-order valence-electron chi connectivity index (χ0n) is 9.74. The van der Waals surface area contributed by atoms with E-state index >= 15 is 0 Å². The number of nitrogens with one attached hydrogen (secondary N) is 1. The number of rotatable bonds is 2. The Balaban J connectivity index is 2.59. The third-order valence-electron chi connectivity index (χ3n) is 2.02. The summed E-state index contributed by atoms with van der Waals surface area (Å²) in [6.07, 6.45) is 0. The van der Waals surface area contributed by atoms with Gasteiger partial charge in [-0.3, -0.25) is 9.05 Å². The summed E-state index contributed by atoms with van der Waals surface area (Å²) in [5, 5.41) is 11.9. The Hall–Kier alpha value is 0.0700. The number of hydrogen-bond donors (Lipinski definition) is 2. The fraction of sp³-hybridized carbons (Fsp3) is 1.00. The maximum Gasteiger partial charge on any atom is 0.405 e. The van der Waals surface area contributed by atoms with Gasteiger partial charge in [0.1, 0.15) is 0 Å². The predicted octanol–water partition coefficient (Wildman–Crippen LogP) is 1.53. The van der Waals surface area contributed by atoms with E-state index in [2.05, 4.69) is 5.09 Å². The second kappa shape index (κ2) is 4.15. The summed E-state index contributed by atoms with van der Waals surface area (Å²) in [5.41, 5.74) is -0.782. The molecule has 0 spiro atoms. The monoisotopic (exact) mass is 237 g/mol. The minimum absolute atomic E-state index is 0.0392. The minimum atomic E-state index is -3.19. The average Bonchev–Trinajstić information content (AvgIpc) is 2.08. The van der Waals surface area contributed by atoms with Gasteiger partial charge >= 0.3 is 7.75 Å². The fourth-order valence-corrected chi connectivity index (χ4v) is 3.12. The summed E-state index contributed by atoms with van der Waals surface area (Å²) < 4.78 is 22.4. The summed E-state index contributed by atoms with van der Waals surface area (Å²) >= 11 is 0. The largest absolute Gasteiger partial charge is 0.405 e. The normalized spacial score (nSPS) is 37.9. The summed E-state index contributed by atoms with van der Waals surface area (Å²) in [6.45, 7) is 7.93. The Bertz CT molecular complexity index is 262. The Labute approximate surface area is 90.7 Å². The van der Waals surface area contributed by atoms with Gasteiger partial charge in [0.05, 0.1) is 19.8 Å². The van der Waals surface area contributed by atoms with Gasteiger partial charge in [-0.15, -0.1) is 0 Å². The van der Waals surface area contributed by atoms with Gasteiger partial charge in [-0.05, 0) is 20.8 Å². The van der Waals surface area contributed by atoms with Crippen molar-refractivity contribution in [3.63, 3.8) is 0 Å². The molecule has 0 amide bonds. The lowest BCUT2D eigenvalue weighted by Crippen LogP contribution is -2.42. The van der Waals surface area contributed by atoms with E-state index in [1.54, 1.807) is 0 Å². The molecule has 15 heavy (non-hydrogen) atoms. The molecule has 0 radical (unpaired) electrons. The van der Waals surface area contributed by atoms with Crippen LogP contribution >= 0.6 is 7.75 Å². The highest BCUT2D eigenvalue weighted by Gasteiger charge is 2.40. The Morgan fingerprint density at radius 1 is 1.40 bits per heavy atom. The molecule has 0 aromatic carbocycles. The number of aliphatic hydroxyl groups is 1. The van der Waals surface area contributed by atoms with Gasteiger partial charge < -0.3 is 5.11 Å². The molecule has 0 saturated carbocycles. The van der Waals surface area contributed by atoms with Crippen molar-refractivity contribution in [2.45, 2.75) is 33.2 Å². The van der Waals surface area contributed by atoms with E-state index in [0.717, 1.165) is 0 Å².